The predicted octanol–water partition coefficient (Wildman–Crippen LogP) is 4.30. The summed E-state index contributed by atoms with van der Waals surface area (Å²) >= 11 is 7.19. The molecule has 0 radical (unpaired) electrons. The zero-order chi connectivity index (χ0) is 24.9. The largest absolute Gasteiger partial charge is 0.497 e. The molecule has 0 atom stereocenters. The van der Waals surface area contributed by atoms with Gasteiger partial charge in [-0.05, 0) is 49.4 Å². The maximum Gasteiger partial charge on any atom is 0.359 e. The van der Waals surface area contributed by atoms with E-state index in [4.69, 9.17) is 25.8 Å². The van der Waals surface area contributed by atoms with Gasteiger partial charge in [0, 0.05) is 15.8 Å². The van der Waals surface area contributed by atoms with E-state index in [0.717, 1.165) is 16.0 Å². The van der Waals surface area contributed by atoms with Crippen LogP contribution in [0.15, 0.2) is 58.7 Å². The first kappa shape index (κ1) is 24.2. The molecule has 0 aliphatic heterocycles. The Kier molecular flexibility index (Phi) is 7.33. The number of carbonyl (C=O) groups is 2. The molecule has 180 valence electrons. The number of methoxy groups -OCH3 is 1. The van der Waals surface area contributed by atoms with Gasteiger partial charge in [-0.15, -0.1) is 11.3 Å². The molecule has 1 amide bonds. The normalized spacial score (nSPS) is 10.7. The summed E-state index contributed by atoms with van der Waals surface area (Å²) in [4.78, 5) is 38.6. The van der Waals surface area contributed by atoms with Crippen molar-refractivity contribution in [1.29, 1.82) is 0 Å². The number of fused-ring (bicyclic) bond motifs is 1. The molecule has 0 aliphatic carbocycles. The van der Waals surface area contributed by atoms with E-state index in [-0.39, 0.29) is 34.7 Å². The maximum absolute atomic E-state index is 13.4. The molecule has 0 saturated heterocycles. The van der Waals surface area contributed by atoms with Crippen molar-refractivity contribution in [3.05, 3.63) is 75.0 Å². The fourth-order valence-corrected chi connectivity index (χ4v) is 4.40. The van der Waals surface area contributed by atoms with E-state index in [9.17, 15) is 14.4 Å². The highest BCUT2D eigenvalue weighted by Gasteiger charge is 2.23. The smallest absolute Gasteiger partial charge is 0.359 e. The Morgan fingerprint density at radius 2 is 1.89 bits per heavy atom. The van der Waals surface area contributed by atoms with Crippen LogP contribution in [0.5, 0.6) is 11.5 Å². The highest BCUT2D eigenvalue weighted by atomic mass is 35.5. The van der Waals surface area contributed by atoms with Crippen LogP contribution in [0.25, 0.3) is 16.5 Å². The van der Waals surface area contributed by atoms with Gasteiger partial charge in [0.2, 0.25) is 0 Å². The molecule has 35 heavy (non-hydrogen) atoms. The molecule has 2 aromatic carbocycles. The Balaban J connectivity index is 1.68. The Bertz CT molecular complexity index is 1450. The topological polar surface area (TPSA) is 109 Å². The fraction of sp³-hybridized carbons (Fsp3) is 0.167. The monoisotopic (exact) mass is 513 g/mol. The molecule has 2 aromatic heterocycles. The number of thiophene rings is 1. The van der Waals surface area contributed by atoms with Crippen molar-refractivity contribution in [1.82, 2.24) is 9.78 Å². The Labute approximate surface area is 208 Å². The van der Waals surface area contributed by atoms with Crippen LogP contribution in [-0.4, -0.2) is 42.0 Å². The van der Waals surface area contributed by atoms with Gasteiger partial charge in [-0.25, -0.2) is 4.79 Å². The quantitative estimate of drug-likeness (QED) is 0.350. The number of hydrogen-bond donors (Lipinski definition) is 1. The van der Waals surface area contributed by atoms with Crippen LogP contribution in [0.3, 0.4) is 0 Å². The maximum atomic E-state index is 13.4. The van der Waals surface area contributed by atoms with E-state index < -0.39 is 17.4 Å². The van der Waals surface area contributed by atoms with Crippen LogP contribution < -0.4 is 20.3 Å². The Morgan fingerprint density at radius 3 is 2.57 bits per heavy atom. The summed E-state index contributed by atoms with van der Waals surface area (Å²) in [6.45, 7) is 1.52. The summed E-state index contributed by atoms with van der Waals surface area (Å²) in [6.07, 6.45) is 0. The molecule has 4 aromatic rings. The zero-order valence-corrected chi connectivity index (χ0v) is 20.3. The highest BCUT2D eigenvalue weighted by Crippen LogP contribution is 2.31. The minimum Gasteiger partial charge on any atom is -0.497 e. The summed E-state index contributed by atoms with van der Waals surface area (Å²) in [5.74, 6) is -0.0254. The van der Waals surface area contributed by atoms with Gasteiger partial charge >= 0.3 is 5.97 Å². The number of aromatic nitrogens is 2. The number of rotatable bonds is 8. The number of nitrogens with one attached hydrogen (secondary N) is 1. The fourth-order valence-electron chi connectivity index (χ4n) is 3.26. The summed E-state index contributed by atoms with van der Waals surface area (Å²) in [7, 11) is 1.55. The van der Waals surface area contributed by atoms with Gasteiger partial charge in [-0.1, -0.05) is 17.7 Å². The second kappa shape index (κ2) is 10.6. The summed E-state index contributed by atoms with van der Waals surface area (Å²) in [5, 5.41) is 9.59. The van der Waals surface area contributed by atoms with Crippen LogP contribution >= 0.6 is 22.9 Å². The third-order valence-electron chi connectivity index (χ3n) is 4.86. The first-order valence-electron chi connectivity index (χ1n) is 10.5. The molecule has 0 bridgehead atoms. The lowest BCUT2D eigenvalue weighted by Gasteiger charge is -2.10. The minimum absolute atomic E-state index is 0.0485. The van der Waals surface area contributed by atoms with E-state index in [1.165, 1.54) is 0 Å². The number of nitrogens with zero attached hydrogens (tertiary/aromatic N) is 2. The van der Waals surface area contributed by atoms with Crippen molar-refractivity contribution in [2.45, 2.75) is 6.92 Å². The van der Waals surface area contributed by atoms with Crippen LogP contribution in [0.1, 0.15) is 17.4 Å². The number of halogens is 1. The lowest BCUT2D eigenvalue weighted by molar-refractivity contribution is -0.118. The summed E-state index contributed by atoms with van der Waals surface area (Å²) in [5.41, 5.74) is -0.211. The van der Waals surface area contributed by atoms with Crippen molar-refractivity contribution >= 4 is 50.6 Å². The van der Waals surface area contributed by atoms with Crippen molar-refractivity contribution in [2.24, 2.45) is 0 Å². The number of carbonyl (C=O) groups excluding carboxylic acids is 2. The molecule has 0 saturated carbocycles. The number of anilines is 1. The van der Waals surface area contributed by atoms with Crippen molar-refractivity contribution in [2.75, 3.05) is 25.6 Å². The molecule has 0 unspecified atom stereocenters. The molecule has 9 nitrogen and oxygen atoms in total. The zero-order valence-electron chi connectivity index (χ0n) is 18.7. The molecular formula is C24H20ClN3O6S. The molecule has 0 fully saturated rings. The standard InChI is InChI=1S/C24H20ClN3O6S/c1-3-33-24(31)21-18-13-35-22(26-19(29)12-34-17-9-7-16(32-2)8-10-17)20(18)23(30)28(27-21)15-6-4-5-14(25)11-15/h4-11,13H,3,12H2,1-2H3,(H,26,29). The van der Waals surface area contributed by atoms with Crippen LogP contribution in [0.2, 0.25) is 5.02 Å². The molecular weight excluding hydrogens is 494 g/mol. The van der Waals surface area contributed by atoms with E-state index in [1.54, 1.807) is 67.9 Å². The number of amides is 1. The van der Waals surface area contributed by atoms with Crippen LogP contribution in [-0.2, 0) is 9.53 Å². The number of ether oxygens (including phenoxy) is 3. The van der Waals surface area contributed by atoms with Crippen molar-refractivity contribution in [3.8, 4) is 17.2 Å². The molecule has 0 aliphatic rings. The van der Waals surface area contributed by atoms with Crippen molar-refractivity contribution in [3.63, 3.8) is 0 Å². The van der Waals surface area contributed by atoms with E-state index in [0.29, 0.717) is 22.2 Å². The molecule has 4 rings (SSSR count). The van der Waals surface area contributed by atoms with Crippen LogP contribution in [0.4, 0.5) is 5.00 Å². The average Bonchev–Trinajstić information content (AvgIpc) is 3.27. The van der Waals surface area contributed by atoms with Gasteiger partial charge in [0.1, 0.15) is 16.5 Å². The second-order valence-corrected chi connectivity index (χ2v) is 8.45. The van der Waals surface area contributed by atoms with Gasteiger partial charge < -0.3 is 19.5 Å². The molecule has 2 heterocycles. The first-order chi connectivity index (χ1) is 16.9. The van der Waals surface area contributed by atoms with E-state index >= 15 is 0 Å². The Hall–Kier alpha value is -3.89. The van der Waals surface area contributed by atoms with Gasteiger partial charge in [-0.2, -0.15) is 9.78 Å². The highest BCUT2D eigenvalue weighted by molar-refractivity contribution is 7.16. The SMILES string of the molecule is CCOC(=O)c1nn(-c2cccc(Cl)c2)c(=O)c2c(NC(=O)COc3ccc(OC)cc3)scc12. The van der Waals surface area contributed by atoms with Crippen LogP contribution in [0, 0.1) is 0 Å². The summed E-state index contributed by atoms with van der Waals surface area (Å²) in [6, 6.07) is 13.3. The van der Waals surface area contributed by atoms with Gasteiger partial charge in [0.25, 0.3) is 11.5 Å². The second-order valence-electron chi connectivity index (χ2n) is 7.13. The first-order valence-corrected chi connectivity index (χ1v) is 11.7. The summed E-state index contributed by atoms with van der Waals surface area (Å²) < 4.78 is 16.8. The van der Waals surface area contributed by atoms with E-state index in [2.05, 4.69) is 10.4 Å². The third-order valence-corrected chi connectivity index (χ3v) is 5.99. The predicted molar refractivity (Wildman–Crippen MR) is 133 cm³/mol. The van der Waals surface area contributed by atoms with Gasteiger partial charge in [0.15, 0.2) is 12.3 Å². The number of esters is 1. The molecule has 1 N–H and O–H groups in total. The number of hydrogen-bond acceptors (Lipinski definition) is 8. The molecule has 0 spiro atoms. The third kappa shape index (κ3) is 5.28. The Morgan fingerprint density at radius 1 is 1.14 bits per heavy atom. The molecule has 11 heteroatoms. The number of benzene rings is 2. The lowest BCUT2D eigenvalue weighted by Crippen LogP contribution is -2.26. The van der Waals surface area contributed by atoms with Gasteiger partial charge in [0.05, 0.1) is 24.8 Å². The van der Waals surface area contributed by atoms with Crippen molar-refractivity contribution < 1.29 is 23.8 Å². The van der Waals surface area contributed by atoms with Gasteiger partial charge in [-0.3, -0.25) is 9.59 Å². The average molecular weight is 514 g/mol. The van der Waals surface area contributed by atoms with E-state index in [1.807, 2.05) is 0 Å². The lowest BCUT2D eigenvalue weighted by atomic mass is 10.2. The minimum atomic E-state index is -0.688.